The van der Waals surface area contributed by atoms with Gasteiger partial charge in [0.15, 0.2) is 0 Å². The van der Waals surface area contributed by atoms with E-state index in [1.807, 2.05) is 18.2 Å². The van der Waals surface area contributed by atoms with E-state index in [-0.39, 0.29) is 11.7 Å². The molecule has 0 fully saturated rings. The van der Waals surface area contributed by atoms with E-state index in [4.69, 9.17) is 9.47 Å². The van der Waals surface area contributed by atoms with E-state index in [2.05, 4.69) is 0 Å². The molecule has 15 heavy (non-hydrogen) atoms. The molecule has 80 valence electrons. The second-order valence-corrected chi connectivity index (χ2v) is 3.79. The van der Waals surface area contributed by atoms with Crippen molar-refractivity contribution in [3.63, 3.8) is 0 Å². The number of rotatable bonds is 3. The van der Waals surface area contributed by atoms with Crippen molar-refractivity contribution in [3.05, 3.63) is 23.8 Å². The highest BCUT2D eigenvalue weighted by Gasteiger charge is 2.28. The van der Waals surface area contributed by atoms with Crippen molar-refractivity contribution in [2.75, 3.05) is 13.7 Å². The zero-order valence-corrected chi connectivity index (χ0v) is 8.95. The molecule has 1 aliphatic heterocycles. The monoisotopic (exact) mass is 206 g/mol. The normalized spacial score (nSPS) is 18.1. The number of Topliss-reactive ketones (excluding diaryl/α,β-unsaturated/α-hetero) is 1. The maximum atomic E-state index is 11.1. The lowest BCUT2D eigenvalue weighted by Gasteiger charge is -2.10. The summed E-state index contributed by atoms with van der Waals surface area (Å²) in [5.74, 6) is 1.99. The summed E-state index contributed by atoms with van der Waals surface area (Å²) >= 11 is 0. The van der Waals surface area contributed by atoms with Crippen molar-refractivity contribution in [2.24, 2.45) is 0 Å². The second-order valence-electron chi connectivity index (χ2n) is 3.79. The molecule has 0 bridgehead atoms. The SMILES string of the molecule is COc1cccc2c1C(CC(C)=O)CO2. The van der Waals surface area contributed by atoms with Gasteiger partial charge in [0, 0.05) is 17.9 Å². The number of ketones is 1. The van der Waals surface area contributed by atoms with Gasteiger partial charge in [-0.25, -0.2) is 0 Å². The second kappa shape index (κ2) is 3.93. The molecule has 1 unspecified atom stereocenters. The highest BCUT2D eigenvalue weighted by molar-refractivity contribution is 5.77. The molecule has 1 aromatic rings. The van der Waals surface area contributed by atoms with E-state index in [0.717, 1.165) is 17.1 Å². The van der Waals surface area contributed by atoms with Gasteiger partial charge in [-0.05, 0) is 19.1 Å². The van der Waals surface area contributed by atoms with Gasteiger partial charge >= 0.3 is 0 Å². The first-order chi connectivity index (χ1) is 7.22. The van der Waals surface area contributed by atoms with Gasteiger partial charge in [0.1, 0.15) is 17.3 Å². The molecule has 1 heterocycles. The Hall–Kier alpha value is -1.51. The highest BCUT2D eigenvalue weighted by atomic mass is 16.5. The predicted octanol–water partition coefficient (Wildman–Crippen LogP) is 2.15. The molecule has 0 saturated carbocycles. The van der Waals surface area contributed by atoms with Crippen LogP contribution in [0.1, 0.15) is 24.8 Å². The standard InChI is InChI=1S/C12H14O3/c1-8(13)6-9-7-15-11-5-3-4-10(14-2)12(9)11/h3-5,9H,6-7H2,1-2H3. The van der Waals surface area contributed by atoms with Crippen molar-refractivity contribution < 1.29 is 14.3 Å². The van der Waals surface area contributed by atoms with E-state index in [1.165, 1.54) is 0 Å². The first kappa shape index (κ1) is 10.0. The van der Waals surface area contributed by atoms with Crippen LogP contribution in [0, 0.1) is 0 Å². The summed E-state index contributed by atoms with van der Waals surface area (Å²) in [7, 11) is 1.64. The first-order valence-corrected chi connectivity index (χ1v) is 5.01. The zero-order valence-electron chi connectivity index (χ0n) is 8.95. The van der Waals surface area contributed by atoms with Crippen LogP contribution in [0.25, 0.3) is 0 Å². The highest BCUT2D eigenvalue weighted by Crippen LogP contribution is 2.41. The molecule has 0 aliphatic carbocycles. The minimum atomic E-state index is 0.147. The summed E-state index contributed by atoms with van der Waals surface area (Å²) in [6, 6.07) is 5.71. The molecular formula is C12H14O3. The van der Waals surface area contributed by atoms with Gasteiger partial charge in [0.05, 0.1) is 13.7 Å². The average Bonchev–Trinajstić information content (AvgIpc) is 2.61. The fourth-order valence-corrected chi connectivity index (χ4v) is 2.01. The summed E-state index contributed by atoms with van der Waals surface area (Å²) in [5.41, 5.74) is 1.04. The number of methoxy groups -OCH3 is 1. The summed E-state index contributed by atoms with van der Waals surface area (Å²) in [4.78, 5) is 11.1. The molecule has 0 aromatic heterocycles. The number of benzene rings is 1. The number of ether oxygens (including phenoxy) is 2. The lowest BCUT2D eigenvalue weighted by Crippen LogP contribution is -2.06. The Labute approximate surface area is 89.0 Å². The fourth-order valence-electron chi connectivity index (χ4n) is 2.01. The summed E-state index contributed by atoms with van der Waals surface area (Å²) in [6.45, 7) is 2.18. The third-order valence-electron chi connectivity index (χ3n) is 2.63. The molecule has 0 amide bonds. The summed E-state index contributed by atoms with van der Waals surface area (Å²) < 4.78 is 10.8. The van der Waals surface area contributed by atoms with Gasteiger partial charge in [-0.1, -0.05) is 6.07 Å². The van der Waals surface area contributed by atoms with E-state index in [9.17, 15) is 4.79 Å². The molecule has 0 spiro atoms. The van der Waals surface area contributed by atoms with Gasteiger partial charge in [0.2, 0.25) is 0 Å². The van der Waals surface area contributed by atoms with Crippen molar-refractivity contribution >= 4 is 5.78 Å². The minimum absolute atomic E-state index is 0.147. The molecule has 1 atom stereocenters. The lowest BCUT2D eigenvalue weighted by atomic mass is 9.95. The molecule has 0 N–H and O–H groups in total. The smallest absolute Gasteiger partial charge is 0.130 e. The molecule has 2 rings (SSSR count). The van der Waals surface area contributed by atoms with Crippen LogP contribution in [0.15, 0.2) is 18.2 Å². The van der Waals surface area contributed by atoms with Gasteiger partial charge in [-0.15, -0.1) is 0 Å². The molecule has 3 heteroatoms. The van der Waals surface area contributed by atoms with Crippen molar-refractivity contribution in [1.82, 2.24) is 0 Å². The van der Waals surface area contributed by atoms with E-state index >= 15 is 0 Å². The van der Waals surface area contributed by atoms with Crippen LogP contribution in [0.5, 0.6) is 11.5 Å². The van der Waals surface area contributed by atoms with E-state index in [0.29, 0.717) is 13.0 Å². The Morgan fingerprint density at radius 1 is 1.60 bits per heavy atom. The number of fused-ring (bicyclic) bond motifs is 1. The van der Waals surface area contributed by atoms with Gasteiger partial charge in [0.25, 0.3) is 0 Å². The number of carbonyl (C=O) groups excluding carboxylic acids is 1. The quantitative estimate of drug-likeness (QED) is 0.760. The summed E-state index contributed by atoms with van der Waals surface area (Å²) in [6.07, 6.45) is 0.521. The van der Waals surface area contributed by atoms with Crippen LogP contribution >= 0.6 is 0 Å². The number of hydrogen-bond donors (Lipinski definition) is 0. The zero-order chi connectivity index (χ0) is 10.8. The van der Waals surface area contributed by atoms with Gasteiger partial charge in [-0.2, -0.15) is 0 Å². The van der Waals surface area contributed by atoms with Crippen molar-refractivity contribution in [3.8, 4) is 11.5 Å². The molecular weight excluding hydrogens is 192 g/mol. The van der Waals surface area contributed by atoms with Crippen LogP contribution in [-0.4, -0.2) is 19.5 Å². The topological polar surface area (TPSA) is 35.5 Å². The van der Waals surface area contributed by atoms with Crippen LogP contribution in [0.4, 0.5) is 0 Å². The maximum absolute atomic E-state index is 11.1. The first-order valence-electron chi connectivity index (χ1n) is 5.01. The fraction of sp³-hybridized carbons (Fsp3) is 0.417. The third kappa shape index (κ3) is 1.82. The van der Waals surface area contributed by atoms with Crippen LogP contribution in [-0.2, 0) is 4.79 Å². The van der Waals surface area contributed by atoms with Crippen molar-refractivity contribution in [1.29, 1.82) is 0 Å². The largest absolute Gasteiger partial charge is 0.496 e. The third-order valence-corrected chi connectivity index (χ3v) is 2.63. The van der Waals surface area contributed by atoms with Crippen LogP contribution < -0.4 is 9.47 Å². The Morgan fingerprint density at radius 2 is 2.40 bits per heavy atom. The lowest BCUT2D eigenvalue weighted by molar-refractivity contribution is -0.117. The van der Waals surface area contributed by atoms with Crippen LogP contribution in [0.3, 0.4) is 0 Å². The van der Waals surface area contributed by atoms with E-state index in [1.54, 1.807) is 14.0 Å². The van der Waals surface area contributed by atoms with Gasteiger partial charge < -0.3 is 14.3 Å². The van der Waals surface area contributed by atoms with Crippen molar-refractivity contribution in [2.45, 2.75) is 19.3 Å². The molecule has 1 aromatic carbocycles. The minimum Gasteiger partial charge on any atom is -0.496 e. The molecule has 0 radical (unpaired) electrons. The summed E-state index contributed by atoms with van der Waals surface area (Å²) in [5, 5.41) is 0. The molecule has 3 nitrogen and oxygen atoms in total. The number of carbonyl (C=O) groups is 1. The van der Waals surface area contributed by atoms with E-state index < -0.39 is 0 Å². The Bertz CT molecular complexity index is 384. The number of hydrogen-bond acceptors (Lipinski definition) is 3. The van der Waals surface area contributed by atoms with Gasteiger partial charge in [-0.3, -0.25) is 0 Å². The predicted molar refractivity (Wildman–Crippen MR) is 56.5 cm³/mol. The Kier molecular flexibility index (Phi) is 2.62. The average molecular weight is 206 g/mol. The Balaban J connectivity index is 2.35. The Morgan fingerprint density at radius 3 is 3.07 bits per heavy atom. The molecule has 1 aliphatic rings. The molecule has 0 saturated heterocycles. The maximum Gasteiger partial charge on any atom is 0.130 e. The van der Waals surface area contributed by atoms with Crippen LogP contribution in [0.2, 0.25) is 0 Å².